The van der Waals surface area contributed by atoms with Gasteiger partial charge >= 0.3 is 0 Å². The number of benzene rings is 2. The van der Waals surface area contributed by atoms with Crippen LogP contribution in [0.4, 0.5) is 5.69 Å². The van der Waals surface area contributed by atoms with Crippen molar-refractivity contribution in [1.29, 1.82) is 0 Å². The molecular weight excluding hydrogens is 406 g/mol. The van der Waals surface area contributed by atoms with Gasteiger partial charge in [-0.25, -0.2) is 0 Å². The molecule has 4 rings (SSSR count). The zero-order valence-corrected chi connectivity index (χ0v) is 18.8. The van der Waals surface area contributed by atoms with Crippen LogP contribution in [0.15, 0.2) is 42.5 Å². The third-order valence-corrected chi connectivity index (χ3v) is 5.87. The molecule has 7 nitrogen and oxygen atoms in total. The standard InChI is InChI=1S/C25H29N3O4/c1-4-32-18-9-7-17(8-10-18)13-14-26-25(30)24-23(28-15-5-6-22(28)29)20-16-19(31-3)11-12-21(20)27(24)2/h7-12,16H,4-6,13-15H2,1-3H3,(H,26,30). The lowest BCUT2D eigenvalue weighted by molar-refractivity contribution is -0.117. The molecule has 2 heterocycles. The zero-order chi connectivity index (χ0) is 22.7. The van der Waals surface area contributed by atoms with Crippen molar-refractivity contribution in [3.05, 3.63) is 53.7 Å². The van der Waals surface area contributed by atoms with Crippen LogP contribution in [0.25, 0.3) is 10.9 Å². The number of nitrogens with one attached hydrogen (secondary N) is 1. The molecule has 0 radical (unpaired) electrons. The quantitative estimate of drug-likeness (QED) is 0.586. The largest absolute Gasteiger partial charge is 0.497 e. The molecule has 3 aromatic rings. The second kappa shape index (κ2) is 9.34. The highest BCUT2D eigenvalue weighted by molar-refractivity contribution is 6.14. The Hall–Kier alpha value is -3.48. The molecule has 1 aliphatic heterocycles. The van der Waals surface area contributed by atoms with Gasteiger partial charge in [-0.15, -0.1) is 0 Å². The van der Waals surface area contributed by atoms with Crippen molar-refractivity contribution >= 4 is 28.4 Å². The number of fused-ring (bicyclic) bond motifs is 1. The van der Waals surface area contributed by atoms with Crippen molar-refractivity contribution in [2.75, 3.05) is 31.7 Å². The monoisotopic (exact) mass is 435 g/mol. The molecule has 1 aromatic heterocycles. The van der Waals surface area contributed by atoms with E-state index in [1.54, 1.807) is 12.0 Å². The number of carbonyl (C=O) groups is 2. The van der Waals surface area contributed by atoms with Crippen LogP contribution in [-0.2, 0) is 18.3 Å². The first-order chi connectivity index (χ1) is 15.5. The summed E-state index contributed by atoms with van der Waals surface area (Å²) in [7, 11) is 3.47. The lowest BCUT2D eigenvalue weighted by atomic mass is 10.1. The SMILES string of the molecule is CCOc1ccc(CCNC(=O)c2c(N3CCCC3=O)c3cc(OC)ccc3n2C)cc1. The Morgan fingerprint density at radius 1 is 1.12 bits per heavy atom. The van der Waals surface area contributed by atoms with E-state index in [2.05, 4.69) is 5.32 Å². The summed E-state index contributed by atoms with van der Waals surface area (Å²) in [5.74, 6) is 1.39. The van der Waals surface area contributed by atoms with Crippen molar-refractivity contribution in [2.24, 2.45) is 7.05 Å². The number of nitrogens with zero attached hydrogens (tertiary/aromatic N) is 2. The van der Waals surface area contributed by atoms with Crippen LogP contribution in [-0.4, -0.2) is 43.2 Å². The second-order valence-corrected chi connectivity index (χ2v) is 7.87. The molecule has 0 saturated carbocycles. The minimum atomic E-state index is -0.191. The first-order valence-corrected chi connectivity index (χ1v) is 11.0. The van der Waals surface area contributed by atoms with Crippen molar-refractivity contribution in [1.82, 2.24) is 9.88 Å². The van der Waals surface area contributed by atoms with Crippen LogP contribution in [0.3, 0.4) is 0 Å². The highest BCUT2D eigenvalue weighted by atomic mass is 16.5. The summed E-state index contributed by atoms with van der Waals surface area (Å²) >= 11 is 0. The maximum absolute atomic E-state index is 13.3. The lowest BCUT2D eigenvalue weighted by Crippen LogP contribution is -2.31. The molecule has 168 valence electrons. The summed E-state index contributed by atoms with van der Waals surface area (Å²) in [4.78, 5) is 27.6. The van der Waals surface area contributed by atoms with E-state index in [-0.39, 0.29) is 11.8 Å². The van der Waals surface area contributed by atoms with E-state index in [4.69, 9.17) is 9.47 Å². The van der Waals surface area contributed by atoms with Gasteiger partial charge in [-0.05, 0) is 55.7 Å². The fraction of sp³-hybridized carbons (Fsp3) is 0.360. The normalized spacial score (nSPS) is 13.6. The van der Waals surface area contributed by atoms with E-state index in [1.807, 2.05) is 61.0 Å². The number of hydrogen-bond acceptors (Lipinski definition) is 4. The van der Waals surface area contributed by atoms with Crippen LogP contribution in [0, 0.1) is 0 Å². The summed E-state index contributed by atoms with van der Waals surface area (Å²) in [6.07, 6.45) is 1.99. The Bertz CT molecular complexity index is 1130. The van der Waals surface area contributed by atoms with Crippen molar-refractivity contribution in [2.45, 2.75) is 26.2 Å². The van der Waals surface area contributed by atoms with Crippen molar-refractivity contribution in [3.63, 3.8) is 0 Å². The van der Waals surface area contributed by atoms with Gasteiger partial charge in [0.15, 0.2) is 0 Å². The first-order valence-electron chi connectivity index (χ1n) is 11.0. The summed E-state index contributed by atoms with van der Waals surface area (Å²) < 4.78 is 12.7. The van der Waals surface area contributed by atoms with Gasteiger partial charge in [0.25, 0.3) is 5.91 Å². The fourth-order valence-electron chi connectivity index (χ4n) is 4.27. The lowest BCUT2D eigenvalue weighted by Gasteiger charge is -2.18. The number of anilines is 1. The predicted octanol–water partition coefficient (Wildman–Crippen LogP) is 3.68. The molecule has 2 amide bonds. The van der Waals surface area contributed by atoms with Crippen LogP contribution < -0.4 is 19.7 Å². The van der Waals surface area contributed by atoms with Crippen LogP contribution in [0.1, 0.15) is 35.8 Å². The minimum Gasteiger partial charge on any atom is -0.497 e. The highest BCUT2D eigenvalue weighted by Gasteiger charge is 2.31. The fourth-order valence-corrected chi connectivity index (χ4v) is 4.27. The van der Waals surface area contributed by atoms with Gasteiger partial charge in [0.1, 0.15) is 17.2 Å². The topological polar surface area (TPSA) is 72.8 Å². The van der Waals surface area contributed by atoms with Gasteiger partial charge in [-0.2, -0.15) is 0 Å². The molecule has 0 unspecified atom stereocenters. The average Bonchev–Trinajstić information content (AvgIpc) is 3.34. The molecule has 1 saturated heterocycles. The predicted molar refractivity (Wildman–Crippen MR) is 125 cm³/mol. The van der Waals surface area contributed by atoms with E-state index in [0.29, 0.717) is 49.7 Å². The number of aromatic nitrogens is 1. The summed E-state index contributed by atoms with van der Waals surface area (Å²) in [6, 6.07) is 13.6. The van der Waals surface area contributed by atoms with E-state index >= 15 is 0 Å². The van der Waals surface area contributed by atoms with Crippen LogP contribution >= 0.6 is 0 Å². The van der Waals surface area contributed by atoms with Gasteiger partial charge in [-0.1, -0.05) is 12.1 Å². The molecule has 0 aliphatic carbocycles. The number of ether oxygens (including phenoxy) is 2. The molecule has 32 heavy (non-hydrogen) atoms. The maximum Gasteiger partial charge on any atom is 0.270 e. The number of aryl methyl sites for hydroxylation is 1. The smallest absolute Gasteiger partial charge is 0.270 e. The zero-order valence-electron chi connectivity index (χ0n) is 18.8. The first kappa shape index (κ1) is 21.7. The number of carbonyl (C=O) groups excluding carboxylic acids is 2. The van der Waals surface area contributed by atoms with Gasteiger partial charge in [0.05, 0.1) is 24.9 Å². The van der Waals surface area contributed by atoms with Gasteiger partial charge < -0.3 is 24.3 Å². The van der Waals surface area contributed by atoms with Gasteiger partial charge in [0.2, 0.25) is 5.91 Å². The molecule has 1 N–H and O–H groups in total. The Morgan fingerprint density at radius 2 is 1.88 bits per heavy atom. The average molecular weight is 436 g/mol. The van der Waals surface area contributed by atoms with Gasteiger partial charge in [-0.3, -0.25) is 9.59 Å². The Kier molecular flexibility index (Phi) is 6.35. The van der Waals surface area contributed by atoms with E-state index in [1.165, 1.54) is 0 Å². The van der Waals surface area contributed by atoms with Crippen LogP contribution in [0.2, 0.25) is 0 Å². The molecule has 0 atom stereocenters. The maximum atomic E-state index is 13.3. The van der Waals surface area contributed by atoms with Crippen molar-refractivity contribution < 1.29 is 19.1 Å². The molecule has 1 aliphatic rings. The molecule has 1 fully saturated rings. The number of methoxy groups -OCH3 is 1. The van der Waals surface area contributed by atoms with E-state index < -0.39 is 0 Å². The van der Waals surface area contributed by atoms with E-state index in [0.717, 1.165) is 28.6 Å². The molecule has 0 spiro atoms. The molecular formula is C25H29N3O4. The summed E-state index contributed by atoms with van der Waals surface area (Å²) in [5.41, 5.74) is 3.17. The highest BCUT2D eigenvalue weighted by Crippen LogP contribution is 2.37. The summed E-state index contributed by atoms with van der Waals surface area (Å²) in [6.45, 7) is 3.69. The third-order valence-electron chi connectivity index (χ3n) is 5.87. The van der Waals surface area contributed by atoms with Crippen molar-refractivity contribution in [3.8, 4) is 11.5 Å². The van der Waals surface area contributed by atoms with Gasteiger partial charge in [0, 0.05) is 31.9 Å². The molecule has 2 aromatic carbocycles. The number of amides is 2. The van der Waals surface area contributed by atoms with Crippen LogP contribution in [0.5, 0.6) is 11.5 Å². The number of hydrogen-bond donors (Lipinski definition) is 1. The number of rotatable bonds is 8. The Morgan fingerprint density at radius 3 is 2.53 bits per heavy atom. The van der Waals surface area contributed by atoms with E-state index in [9.17, 15) is 9.59 Å². The second-order valence-electron chi connectivity index (χ2n) is 7.87. The Balaban J connectivity index is 1.58. The minimum absolute atomic E-state index is 0.0451. The Labute approximate surface area is 187 Å². The summed E-state index contributed by atoms with van der Waals surface area (Å²) in [5, 5.41) is 3.88. The molecule has 0 bridgehead atoms. The third kappa shape index (κ3) is 4.15. The molecule has 7 heteroatoms.